The molecule has 4 rings (SSSR count). The first-order chi connectivity index (χ1) is 16.9. The van der Waals surface area contributed by atoms with E-state index in [0.29, 0.717) is 5.52 Å². The van der Waals surface area contributed by atoms with E-state index < -0.39 is 37.4 Å². The Labute approximate surface area is 201 Å². The van der Waals surface area contributed by atoms with Gasteiger partial charge in [-0.3, -0.25) is 9.48 Å². The normalized spacial score (nSPS) is 16.0. The molecule has 1 aliphatic heterocycles. The maximum absolute atomic E-state index is 12.8. The Morgan fingerprint density at radius 3 is 2.42 bits per heavy atom. The Balaban J connectivity index is 1.75. The molecule has 15 heteroatoms. The van der Waals surface area contributed by atoms with Gasteiger partial charge in [0.15, 0.2) is 5.82 Å². The van der Waals surface area contributed by atoms with Crippen LogP contribution in [-0.2, 0) is 15.4 Å². The maximum Gasteiger partial charge on any atom is 0.501 e. The number of rotatable bonds is 5. The first kappa shape index (κ1) is 25.0. The van der Waals surface area contributed by atoms with Gasteiger partial charge in [0, 0.05) is 25.0 Å². The lowest BCUT2D eigenvalue weighted by Gasteiger charge is -2.40. The van der Waals surface area contributed by atoms with Crippen LogP contribution < -0.4 is 10.9 Å². The van der Waals surface area contributed by atoms with Crippen molar-refractivity contribution in [2.75, 3.05) is 18.4 Å². The van der Waals surface area contributed by atoms with E-state index in [1.807, 2.05) is 0 Å². The number of H-pyrrole nitrogens is 1. The van der Waals surface area contributed by atoms with Gasteiger partial charge in [-0.05, 0) is 43.2 Å². The molecule has 0 spiro atoms. The van der Waals surface area contributed by atoms with Crippen LogP contribution in [0.15, 0.2) is 46.2 Å². The molecule has 1 saturated heterocycles. The highest BCUT2D eigenvalue weighted by Crippen LogP contribution is 2.38. The average Bonchev–Trinajstić information content (AvgIpc) is 3.19. The van der Waals surface area contributed by atoms with Crippen LogP contribution in [0.4, 0.5) is 29.5 Å². The molecule has 3 aromatic rings. The van der Waals surface area contributed by atoms with Crippen molar-refractivity contribution in [3.63, 3.8) is 0 Å². The molecule has 0 radical (unpaired) electrons. The van der Waals surface area contributed by atoms with Gasteiger partial charge in [-0.1, -0.05) is 0 Å². The van der Waals surface area contributed by atoms with Gasteiger partial charge in [0.05, 0.1) is 28.4 Å². The Morgan fingerprint density at radius 2 is 1.86 bits per heavy atom. The highest BCUT2D eigenvalue weighted by molar-refractivity contribution is 7.92. The third kappa shape index (κ3) is 4.24. The summed E-state index contributed by atoms with van der Waals surface area (Å²) < 4.78 is 63.2. The molecule has 1 fully saturated rings. The Kier molecular flexibility index (Phi) is 6.17. The van der Waals surface area contributed by atoms with Crippen molar-refractivity contribution < 1.29 is 31.5 Å². The number of halogens is 3. The monoisotopic (exact) mass is 524 g/mol. The molecule has 0 unspecified atom stereocenters. The van der Waals surface area contributed by atoms with E-state index in [-0.39, 0.29) is 49.2 Å². The van der Waals surface area contributed by atoms with E-state index in [1.165, 1.54) is 15.8 Å². The Hall–Kier alpha value is -4.06. The molecule has 0 bridgehead atoms. The zero-order valence-corrected chi connectivity index (χ0v) is 19.2. The number of hydrogen-bond acceptors (Lipinski definition) is 7. The van der Waals surface area contributed by atoms with Gasteiger partial charge in [0.2, 0.25) is 0 Å². The largest absolute Gasteiger partial charge is 0.501 e. The molecule has 0 atom stereocenters. The van der Waals surface area contributed by atoms with Gasteiger partial charge >= 0.3 is 11.6 Å². The number of aromatic amines is 1. The van der Waals surface area contributed by atoms with Gasteiger partial charge < -0.3 is 20.3 Å². The number of anilines is 2. The van der Waals surface area contributed by atoms with E-state index in [2.05, 4.69) is 21.5 Å². The fraction of sp³-hybridized carbons (Fsp3) is 0.333. The number of benzene rings is 1. The molecular weight excluding hydrogens is 505 g/mol. The molecule has 3 heterocycles. The highest BCUT2D eigenvalue weighted by atomic mass is 32.2. The van der Waals surface area contributed by atoms with Gasteiger partial charge in [-0.15, -0.1) is 0 Å². The number of carbonyl (C=O) groups is 1. The highest BCUT2D eigenvalue weighted by Gasteiger charge is 2.46. The van der Waals surface area contributed by atoms with E-state index in [1.54, 1.807) is 6.07 Å². The quantitative estimate of drug-likeness (QED) is 0.459. The fourth-order valence-electron chi connectivity index (χ4n) is 4.24. The van der Waals surface area contributed by atoms with Crippen LogP contribution in [0.2, 0.25) is 0 Å². The van der Waals surface area contributed by atoms with Gasteiger partial charge in [0.1, 0.15) is 5.39 Å². The second kappa shape index (κ2) is 8.86. The minimum atomic E-state index is -5.52. The van der Waals surface area contributed by atoms with Crippen molar-refractivity contribution in [3.05, 3.63) is 46.9 Å². The zero-order valence-electron chi connectivity index (χ0n) is 18.4. The summed E-state index contributed by atoms with van der Waals surface area (Å²) in [5, 5.41) is 26.2. The van der Waals surface area contributed by atoms with Gasteiger partial charge in [0.25, 0.3) is 15.4 Å². The van der Waals surface area contributed by atoms with Gasteiger partial charge in [-0.2, -0.15) is 23.5 Å². The number of carboxylic acid groups (broad SMARTS) is 1. The van der Waals surface area contributed by atoms with Crippen molar-refractivity contribution in [2.24, 2.45) is 0 Å². The lowest BCUT2D eigenvalue weighted by molar-refractivity contribution is -0.0436. The first-order valence-electron chi connectivity index (χ1n) is 10.5. The van der Waals surface area contributed by atoms with E-state index in [4.69, 9.17) is 0 Å². The fourth-order valence-corrected chi connectivity index (χ4v) is 5.00. The number of pyridine rings is 1. The third-order valence-corrected chi connectivity index (χ3v) is 7.66. The number of amides is 1. The average molecular weight is 524 g/mol. The van der Waals surface area contributed by atoms with Crippen molar-refractivity contribution >= 4 is 38.3 Å². The summed E-state index contributed by atoms with van der Waals surface area (Å²) in [4.78, 5) is 26.8. The molecule has 0 aliphatic carbocycles. The predicted octanol–water partition coefficient (Wildman–Crippen LogP) is 3.14. The molecule has 36 heavy (non-hydrogen) atoms. The van der Waals surface area contributed by atoms with Crippen molar-refractivity contribution in [1.29, 1.82) is 5.26 Å². The Morgan fingerprint density at radius 1 is 1.22 bits per heavy atom. The summed E-state index contributed by atoms with van der Waals surface area (Å²) in [6.07, 6.45) is 0.837. The minimum absolute atomic E-state index is 0.00647. The standard InChI is InChI=1S/C21H19F3N6O5S/c22-21(23,24)36(34,35)14-3-1-13(2-4-14)27-17-16-15(5-10-26-18(16)31)30(28-17)20(6-9-25)7-11-29(12-8-20)19(32)33/h1-5,10H,6-8,11-12H2,(H,26,31)(H,27,28)(H,32,33). The number of alkyl halides is 3. The van der Waals surface area contributed by atoms with Crippen LogP contribution in [0.3, 0.4) is 0 Å². The maximum atomic E-state index is 12.8. The number of likely N-dealkylation sites (tertiary alicyclic amines) is 1. The van der Waals surface area contributed by atoms with Crippen molar-refractivity contribution in [3.8, 4) is 6.07 Å². The van der Waals surface area contributed by atoms with Crippen LogP contribution in [-0.4, -0.2) is 57.9 Å². The molecule has 190 valence electrons. The molecule has 3 N–H and O–H groups in total. The lowest BCUT2D eigenvalue weighted by atomic mass is 9.85. The topological polar surface area (TPSA) is 161 Å². The minimum Gasteiger partial charge on any atom is -0.465 e. The molecule has 1 amide bonds. The molecule has 0 saturated carbocycles. The number of piperidine rings is 1. The van der Waals surface area contributed by atoms with Crippen LogP contribution in [0.1, 0.15) is 19.3 Å². The number of nitrogens with zero attached hydrogens (tertiary/aromatic N) is 4. The Bertz CT molecular complexity index is 1510. The number of nitrogens with one attached hydrogen (secondary N) is 2. The third-order valence-electron chi connectivity index (χ3n) is 6.16. The summed E-state index contributed by atoms with van der Waals surface area (Å²) in [6, 6.07) is 7.48. The van der Waals surface area contributed by atoms with E-state index >= 15 is 0 Å². The molecule has 2 aromatic heterocycles. The smallest absolute Gasteiger partial charge is 0.465 e. The number of nitriles is 1. The number of sulfone groups is 1. The summed E-state index contributed by atoms with van der Waals surface area (Å²) in [6.45, 7) is 0.304. The summed E-state index contributed by atoms with van der Waals surface area (Å²) in [5.74, 6) is 0.0382. The van der Waals surface area contributed by atoms with Gasteiger partial charge in [-0.25, -0.2) is 13.2 Å². The van der Waals surface area contributed by atoms with Crippen molar-refractivity contribution in [2.45, 2.75) is 35.2 Å². The number of fused-ring (bicyclic) bond motifs is 1. The zero-order chi connectivity index (χ0) is 26.3. The molecule has 1 aliphatic rings. The second-order valence-corrected chi connectivity index (χ2v) is 10.2. The number of aromatic nitrogens is 3. The van der Waals surface area contributed by atoms with Crippen LogP contribution in [0, 0.1) is 11.3 Å². The SMILES string of the molecule is N#CCC1(n2nc(Nc3ccc(S(=O)(=O)C(F)(F)F)cc3)c3c(=O)[nH]ccc32)CCN(C(=O)O)CC1. The van der Waals surface area contributed by atoms with E-state index in [9.17, 15) is 41.5 Å². The molecule has 11 nitrogen and oxygen atoms in total. The van der Waals surface area contributed by atoms with Crippen LogP contribution in [0.25, 0.3) is 10.9 Å². The van der Waals surface area contributed by atoms with Crippen LogP contribution >= 0.6 is 0 Å². The van der Waals surface area contributed by atoms with Crippen molar-refractivity contribution in [1.82, 2.24) is 19.7 Å². The lowest BCUT2D eigenvalue weighted by Crippen LogP contribution is -2.48. The van der Waals surface area contributed by atoms with E-state index in [0.717, 1.165) is 24.3 Å². The summed E-state index contributed by atoms with van der Waals surface area (Å²) >= 11 is 0. The second-order valence-electron chi connectivity index (χ2n) is 8.25. The van der Waals surface area contributed by atoms with Crippen LogP contribution in [0.5, 0.6) is 0 Å². The summed E-state index contributed by atoms with van der Waals surface area (Å²) in [5.41, 5.74) is -6.34. The first-order valence-corrected chi connectivity index (χ1v) is 12.0. The number of hydrogen-bond donors (Lipinski definition) is 3. The molecule has 1 aromatic carbocycles. The molecular formula is C21H19F3N6O5S. The predicted molar refractivity (Wildman–Crippen MR) is 120 cm³/mol. The summed E-state index contributed by atoms with van der Waals surface area (Å²) in [7, 11) is -5.52.